The quantitative estimate of drug-likeness (QED) is 0.832. The zero-order chi connectivity index (χ0) is 14.4. The van der Waals surface area contributed by atoms with E-state index >= 15 is 0 Å². The molecule has 1 aliphatic rings. The number of rotatable bonds is 6. The van der Waals surface area contributed by atoms with Gasteiger partial charge in [-0.05, 0) is 24.6 Å². The van der Waals surface area contributed by atoms with Crippen LogP contribution in [0.3, 0.4) is 0 Å². The summed E-state index contributed by atoms with van der Waals surface area (Å²) in [5.74, 6) is 1.47. The van der Waals surface area contributed by atoms with Crippen molar-refractivity contribution in [3.63, 3.8) is 0 Å². The molecule has 120 valence electrons. The van der Waals surface area contributed by atoms with Gasteiger partial charge in [-0.1, -0.05) is 6.07 Å². The molecule has 0 amide bonds. The summed E-state index contributed by atoms with van der Waals surface area (Å²) < 4.78 is 10.9. The molecule has 0 bridgehead atoms. The smallest absolute Gasteiger partial charge is 0.161 e. The maximum atomic E-state index is 9.74. The molecule has 1 atom stereocenters. The monoisotopic (exact) mass is 316 g/mol. The van der Waals surface area contributed by atoms with Crippen LogP contribution < -0.4 is 14.8 Å². The fourth-order valence-electron chi connectivity index (χ4n) is 2.59. The molecule has 0 saturated carbocycles. The Bertz CT molecular complexity index is 425. The number of ether oxygens (including phenoxy) is 2. The van der Waals surface area contributed by atoms with Gasteiger partial charge in [0, 0.05) is 26.2 Å². The SMILES string of the molecule is CCOc1cc([C@H](CO)N2CCNCC2)ccc1OC.Cl. The summed E-state index contributed by atoms with van der Waals surface area (Å²) in [6.07, 6.45) is 0. The molecule has 1 aliphatic heterocycles. The van der Waals surface area contributed by atoms with Gasteiger partial charge in [0.25, 0.3) is 0 Å². The minimum absolute atomic E-state index is 0. The summed E-state index contributed by atoms with van der Waals surface area (Å²) in [6.45, 7) is 6.47. The van der Waals surface area contributed by atoms with Crippen LogP contribution in [-0.4, -0.2) is 56.5 Å². The molecule has 0 unspecified atom stereocenters. The second-order valence-electron chi connectivity index (χ2n) is 4.83. The third-order valence-corrected chi connectivity index (χ3v) is 3.64. The van der Waals surface area contributed by atoms with E-state index in [1.165, 1.54) is 0 Å². The van der Waals surface area contributed by atoms with Crippen molar-refractivity contribution >= 4 is 12.4 Å². The summed E-state index contributed by atoms with van der Waals surface area (Å²) >= 11 is 0. The van der Waals surface area contributed by atoms with Gasteiger partial charge < -0.3 is 19.9 Å². The lowest BCUT2D eigenvalue weighted by atomic mass is 10.0. The molecule has 1 aromatic rings. The van der Waals surface area contributed by atoms with Gasteiger partial charge in [-0.25, -0.2) is 0 Å². The van der Waals surface area contributed by atoms with Gasteiger partial charge >= 0.3 is 0 Å². The van der Waals surface area contributed by atoms with Gasteiger partial charge in [0.2, 0.25) is 0 Å². The van der Waals surface area contributed by atoms with Gasteiger partial charge in [-0.3, -0.25) is 4.90 Å². The molecule has 2 rings (SSSR count). The summed E-state index contributed by atoms with van der Waals surface area (Å²) in [6, 6.07) is 5.91. The molecule has 0 aliphatic carbocycles. The fourth-order valence-corrected chi connectivity index (χ4v) is 2.59. The molecule has 5 nitrogen and oxygen atoms in total. The highest BCUT2D eigenvalue weighted by atomic mass is 35.5. The van der Waals surface area contributed by atoms with Crippen molar-refractivity contribution in [2.24, 2.45) is 0 Å². The zero-order valence-corrected chi connectivity index (χ0v) is 13.5. The Balaban J connectivity index is 0.00000220. The Kier molecular flexibility index (Phi) is 7.82. The van der Waals surface area contributed by atoms with Crippen LogP contribution in [0.4, 0.5) is 0 Å². The first kappa shape index (κ1) is 18.0. The highest BCUT2D eigenvalue weighted by Crippen LogP contribution is 2.32. The van der Waals surface area contributed by atoms with E-state index in [1.807, 2.05) is 25.1 Å². The van der Waals surface area contributed by atoms with Crippen molar-refractivity contribution in [2.75, 3.05) is 46.5 Å². The molecule has 2 N–H and O–H groups in total. The van der Waals surface area contributed by atoms with Gasteiger partial charge in [0.15, 0.2) is 11.5 Å². The van der Waals surface area contributed by atoms with Crippen molar-refractivity contribution in [2.45, 2.75) is 13.0 Å². The number of benzene rings is 1. The van der Waals surface area contributed by atoms with E-state index in [9.17, 15) is 5.11 Å². The first-order chi connectivity index (χ1) is 9.80. The molecule has 1 heterocycles. The maximum absolute atomic E-state index is 9.74. The Hall–Kier alpha value is -1.01. The summed E-state index contributed by atoms with van der Waals surface area (Å²) in [5.41, 5.74) is 1.07. The standard InChI is InChI=1S/C15H24N2O3.ClH/c1-3-20-15-10-12(4-5-14(15)19-2)13(11-18)17-8-6-16-7-9-17;/h4-5,10,13,16,18H,3,6-9,11H2,1-2H3;1H/t13-;/m0./s1. The normalized spacial score (nSPS) is 16.9. The van der Waals surface area contributed by atoms with E-state index in [2.05, 4.69) is 10.2 Å². The number of aliphatic hydroxyl groups is 1. The summed E-state index contributed by atoms with van der Waals surface area (Å²) in [7, 11) is 1.64. The molecule has 1 fully saturated rings. The number of hydrogen-bond acceptors (Lipinski definition) is 5. The fraction of sp³-hybridized carbons (Fsp3) is 0.600. The zero-order valence-electron chi connectivity index (χ0n) is 12.7. The Morgan fingerprint density at radius 3 is 2.57 bits per heavy atom. The predicted molar refractivity (Wildman–Crippen MR) is 85.7 cm³/mol. The van der Waals surface area contributed by atoms with Crippen LogP contribution in [0.1, 0.15) is 18.5 Å². The molecule has 0 aromatic heterocycles. The van der Waals surface area contributed by atoms with E-state index in [-0.39, 0.29) is 25.1 Å². The number of methoxy groups -OCH3 is 1. The van der Waals surface area contributed by atoms with Crippen LogP contribution >= 0.6 is 12.4 Å². The third kappa shape index (κ3) is 4.48. The number of piperazine rings is 1. The number of nitrogens with one attached hydrogen (secondary N) is 1. The Morgan fingerprint density at radius 2 is 2.00 bits per heavy atom. The number of halogens is 1. The van der Waals surface area contributed by atoms with Crippen LogP contribution in [0.2, 0.25) is 0 Å². The summed E-state index contributed by atoms with van der Waals surface area (Å²) in [4.78, 5) is 2.30. The van der Waals surface area contributed by atoms with E-state index in [1.54, 1.807) is 7.11 Å². The first-order valence-electron chi connectivity index (χ1n) is 7.16. The van der Waals surface area contributed by atoms with Crippen molar-refractivity contribution < 1.29 is 14.6 Å². The van der Waals surface area contributed by atoms with Crippen molar-refractivity contribution in [3.05, 3.63) is 23.8 Å². The number of hydrogen-bond donors (Lipinski definition) is 2. The van der Waals surface area contributed by atoms with Crippen LogP contribution in [-0.2, 0) is 0 Å². The van der Waals surface area contributed by atoms with Gasteiger partial charge in [-0.15, -0.1) is 12.4 Å². The van der Waals surface area contributed by atoms with E-state index < -0.39 is 0 Å². The second-order valence-corrected chi connectivity index (χ2v) is 4.83. The van der Waals surface area contributed by atoms with Crippen molar-refractivity contribution in [1.29, 1.82) is 0 Å². The third-order valence-electron chi connectivity index (χ3n) is 3.64. The Labute approximate surface area is 132 Å². The van der Waals surface area contributed by atoms with E-state index in [0.717, 1.165) is 43.2 Å². The van der Waals surface area contributed by atoms with Crippen LogP contribution in [0, 0.1) is 0 Å². The minimum atomic E-state index is 0. The van der Waals surface area contributed by atoms with Gasteiger partial charge in [0.05, 0.1) is 26.4 Å². The van der Waals surface area contributed by atoms with Crippen molar-refractivity contribution in [1.82, 2.24) is 10.2 Å². The average Bonchev–Trinajstić information content (AvgIpc) is 2.50. The lowest BCUT2D eigenvalue weighted by Gasteiger charge is -2.34. The largest absolute Gasteiger partial charge is 0.493 e. The van der Waals surface area contributed by atoms with Crippen LogP contribution in [0.15, 0.2) is 18.2 Å². The number of aliphatic hydroxyl groups excluding tert-OH is 1. The number of nitrogens with zero attached hydrogens (tertiary/aromatic N) is 1. The van der Waals surface area contributed by atoms with Crippen molar-refractivity contribution in [3.8, 4) is 11.5 Å². The van der Waals surface area contributed by atoms with Crippen LogP contribution in [0.25, 0.3) is 0 Å². The average molecular weight is 317 g/mol. The molecule has 6 heteroatoms. The molecular weight excluding hydrogens is 292 g/mol. The molecule has 0 radical (unpaired) electrons. The molecule has 0 spiro atoms. The van der Waals surface area contributed by atoms with Crippen LogP contribution in [0.5, 0.6) is 11.5 Å². The minimum Gasteiger partial charge on any atom is -0.493 e. The van der Waals surface area contributed by atoms with E-state index in [4.69, 9.17) is 9.47 Å². The highest BCUT2D eigenvalue weighted by molar-refractivity contribution is 5.85. The van der Waals surface area contributed by atoms with Gasteiger partial charge in [0.1, 0.15) is 0 Å². The topological polar surface area (TPSA) is 54.0 Å². The second kappa shape index (κ2) is 9.10. The van der Waals surface area contributed by atoms with E-state index in [0.29, 0.717) is 6.61 Å². The lowest BCUT2D eigenvalue weighted by Crippen LogP contribution is -2.46. The molecule has 1 saturated heterocycles. The maximum Gasteiger partial charge on any atom is 0.161 e. The highest BCUT2D eigenvalue weighted by Gasteiger charge is 2.22. The first-order valence-corrected chi connectivity index (χ1v) is 7.16. The lowest BCUT2D eigenvalue weighted by molar-refractivity contribution is 0.110. The van der Waals surface area contributed by atoms with Gasteiger partial charge in [-0.2, -0.15) is 0 Å². The Morgan fingerprint density at radius 1 is 1.29 bits per heavy atom. The molecule has 1 aromatic carbocycles. The molecular formula is C15H25ClN2O3. The molecule has 21 heavy (non-hydrogen) atoms. The predicted octanol–water partition coefficient (Wildman–Crippen LogP) is 1.45. The summed E-state index contributed by atoms with van der Waals surface area (Å²) in [5, 5.41) is 13.1.